The summed E-state index contributed by atoms with van der Waals surface area (Å²) in [5.41, 5.74) is 3.60. The molecule has 0 unspecified atom stereocenters. The van der Waals surface area contributed by atoms with Crippen LogP contribution in [0.1, 0.15) is 22.8 Å². The fourth-order valence-corrected chi connectivity index (χ4v) is 2.57. The molecule has 2 aromatic rings. The van der Waals surface area contributed by atoms with Crippen LogP contribution in [0.15, 0.2) is 12.4 Å². The lowest BCUT2D eigenvalue weighted by Gasteiger charge is -2.28. The number of aliphatic hydroxyl groups is 1. The number of imidazole rings is 1. The van der Waals surface area contributed by atoms with E-state index < -0.39 is 0 Å². The molecule has 0 saturated carbocycles. The molecule has 0 fully saturated rings. The molecule has 1 aliphatic heterocycles. The van der Waals surface area contributed by atoms with Crippen molar-refractivity contribution < 1.29 is 9.90 Å². The molecule has 1 amide bonds. The third-order valence-corrected chi connectivity index (χ3v) is 4.01. The van der Waals surface area contributed by atoms with Gasteiger partial charge in [0.25, 0.3) is 0 Å². The predicted octanol–water partition coefficient (Wildman–Crippen LogP) is 0.231. The highest BCUT2D eigenvalue weighted by Crippen LogP contribution is 2.15. The highest BCUT2D eigenvalue weighted by molar-refractivity contribution is 5.76. The van der Waals surface area contributed by atoms with Crippen molar-refractivity contribution in [3.63, 3.8) is 0 Å². The van der Waals surface area contributed by atoms with E-state index in [4.69, 9.17) is 5.11 Å². The Hall–Kier alpha value is -2.15. The van der Waals surface area contributed by atoms with Crippen LogP contribution in [0, 0.1) is 13.8 Å². The van der Waals surface area contributed by atoms with Crippen LogP contribution in [0.3, 0.4) is 0 Å². The molecule has 1 aliphatic rings. The fourth-order valence-electron chi connectivity index (χ4n) is 2.57. The molecule has 0 saturated heterocycles. The molecule has 0 radical (unpaired) electrons. The third kappa shape index (κ3) is 2.56. The Morgan fingerprint density at radius 3 is 2.86 bits per heavy atom. The quantitative estimate of drug-likeness (QED) is 0.877. The van der Waals surface area contributed by atoms with Crippen molar-refractivity contribution in [2.45, 2.75) is 40.1 Å². The van der Waals surface area contributed by atoms with Crippen LogP contribution >= 0.6 is 0 Å². The van der Waals surface area contributed by atoms with Gasteiger partial charge in [0.05, 0.1) is 43.1 Å². The van der Waals surface area contributed by atoms with E-state index in [2.05, 4.69) is 10.1 Å². The second-order valence-corrected chi connectivity index (χ2v) is 5.37. The Labute approximate surface area is 122 Å². The first-order valence-corrected chi connectivity index (χ1v) is 7.01. The smallest absolute Gasteiger partial charge is 0.242 e. The predicted molar refractivity (Wildman–Crippen MR) is 75.3 cm³/mol. The van der Waals surface area contributed by atoms with E-state index in [-0.39, 0.29) is 12.5 Å². The molecular weight excluding hydrogens is 270 g/mol. The van der Waals surface area contributed by atoms with Gasteiger partial charge in [-0.15, -0.1) is 0 Å². The van der Waals surface area contributed by atoms with Gasteiger partial charge in [-0.3, -0.25) is 9.48 Å². The summed E-state index contributed by atoms with van der Waals surface area (Å²) in [5.74, 6) is 0.0773. The lowest BCUT2D eigenvalue weighted by atomic mass is 10.2. The van der Waals surface area contributed by atoms with Gasteiger partial charge in [-0.05, 0) is 19.9 Å². The Kier molecular flexibility index (Phi) is 3.50. The van der Waals surface area contributed by atoms with Gasteiger partial charge in [-0.25, -0.2) is 4.98 Å². The summed E-state index contributed by atoms with van der Waals surface area (Å²) in [6, 6.07) is 1.85. The summed E-state index contributed by atoms with van der Waals surface area (Å²) >= 11 is 0. The van der Waals surface area contributed by atoms with E-state index >= 15 is 0 Å². The van der Waals surface area contributed by atoms with Crippen LogP contribution in [0.25, 0.3) is 0 Å². The molecule has 3 rings (SSSR count). The van der Waals surface area contributed by atoms with Crippen molar-refractivity contribution in [3.8, 4) is 0 Å². The summed E-state index contributed by atoms with van der Waals surface area (Å²) in [7, 11) is 0. The zero-order valence-corrected chi connectivity index (χ0v) is 12.3. The van der Waals surface area contributed by atoms with Crippen molar-refractivity contribution >= 4 is 5.91 Å². The largest absolute Gasteiger partial charge is 0.390 e. The number of rotatable bonds is 3. The van der Waals surface area contributed by atoms with Gasteiger partial charge in [0.1, 0.15) is 6.54 Å². The Morgan fingerprint density at radius 1 is 1.38 bits per heavy atom. The van der Waals surface area contributed by atoms with Gasteiger partial charge in [0.15, 0.2) is 0 Å². The molecule has 3 heterocycles. The van der Waals surface area contributed by atoms with E-state index in [1.165, 1.54) is 0 Å². The van der Waals surface area contributed by atoms with Crippen molar-refractivity contribution in [1.82, 2.24) is 24.2 Å². The van der Waals surface area contributed by atoms with Crippen LogP contribution in [0.2, 0.25) is 0 Å². The van der Waals surface area contributed by atoms with Crippen molar-refractivity contribution in [2.75, 3.05) is 6.54 Å². The number of hydrogen-bond acceptors (Lipinski definition) is 4. The van der Waals surface area contributed by atoms with Gasteiger partial charge in [-0.2, -0.15) is 5.10 Å². The van der Waals surface area contributed by atoms with Gasteiger partial charge in [0, 0.05) is 12.2 Å². The minimum Gasteiger partial charge on any atom is -0.390 e. The Balaban J connectivity index is 1.70. The second kappa shape index (κ2) is 5.33. The van der Waals surface area contributed by atoms with E-state index in [0.29, 0.717) is 31.9 Å². The maximum absolute atomic E-state index is 12.4. The summed E-state index contributed by atoms with van der Waals surface area (Å²) in [4.78, 5) is 18.5. The lowest BCUT2D eigenvalue weighted by molar-refractivity contribution is -0.133. The molecule has 0 atom stereocenters. The van der Waals surface area contributed by atoms with Gasteiger partial charge in [-0.1, -0.05) is 0 Å². The lowest BCUT2D eigenvalue weighted by Crippen LogP contribution is -2.40. The molecular formula is C14H19N5O2. The molecule has 1 N–H and O–H groups in total. The topological polar surface area (TPSA) is 76.2 Å². The maximum atomic E-state index is 12.4. The molecule has 0 aromatic carbocycles. The maximum Gasteiger partial charge on any atom is 0.242 e. The normalized spacial score (nSPS) is 14.3. The number of aryl methyl sites for hydroxylation is 1. The second-order valence-electron chi connectivity index (χ2n) is 5.37. The molecule has 0 bridgehead atoms. The number of aliphatic hydroxyl groups excluding tert-OH is 1. The fraction of sp³-hybridized carbons (Fsp3) is 0.500. The highest BCUT2D eigenvalue weighted by Gasteiger charge is 2.22. The van der Waals surface area contributed by atoms with Crippen molar-refractivity contribution in [1.29, 1.82) is 0 Å². The van der Waals surface area contributed by atoms with Crippen LogP contribution in [-0.4, -0.2) is 41.8 Å². The number of carbonyl (C=O) groups excluding carboxylic acids is 1. The molecule has 7 heteroatoms. The van der Waals surface area contributed by atoms with Gasteiger partial charge < -0.3 is 14.6 Å². The molecule has 21 heavy (non-hydrogen) atoms. The first-order chi connectivity index (χ1) is 10.1. The molecule has 0 aliphatic carbocycles. The van der Waals surface area contributed by atoms with E-state index in [9.17, 15) is 4.79 Å². The average molecular weight is 289 g/mol. The first-order valence-electron chi connectivity index (χ1n) is 7.01. The van der Waals surface area contributed by atoms with Crippen molar-refractivity contribution in [2.24, 2.45) is 0 Å². The number of nitrogens with zero attached hydrogens (tertiary/aromatic N) is 5. The summed E-state index contributed by atoms with van der Waals surface area (Å²) < 4.78 is 3.74. The summed E-state index contributed by atoms with van der Waals surface area (Å²) in [5, 5.41) is 13.4. The van der Waals surface area contributed by atoms with Crippen LogP contribution in [-0.2, 0) is 31.0 Å². The SMILES string of the molecule is Cc1ncn(CC(=O)N2CCn3nc(CO)cc3C2)c1C. The average Bonchev–Trinajstić information content (AvgIpc) is 3.04. The monoisotopic (exact) mass is 289 g/mol. The van der Waals surface area contributed by atoms with E-state index in [1.54, 1.807) is 6.33 Å². The summed E-state index contributed by atoms with van der Waals surface area (Å²) in [6.07, 6.45) is 1.71. The standard InChI is InChI=1S/C14H19N5O2/c1-10-11(2)18(9-15-10)7-14(21)17-3-4-19-13(6-17)5-12(8-20)16-19/h5,9,20H,3-4,6-8H2,1-2H3. The van der Waals surface area contributed by atoms with Crippen LogP contribution in [0.4, 0.5) is 0 Å². The molecule has 112 valence electrons. The van der Waals surface area contributed by atoms with Crippen LogP contribution < -0.4 is 0 Å². The Bertz CT molecular complexity index is 673. The van der Waals surface area contributed by atoms with E-state index in [1.807, 2.05) is 34.1 Å². The molecule has 7 nitrogen and oxygen atoms in total. The zero-order valence-electron chi connectivity index (χ0n) is 12.3. The highest BCUT2D eigenvalue weighted by atomic mass is 16.3. The number of hydrogen-bond donors (Lipinski definition) is 1. The number of amides is 1. The summed E-state index contributed by atoms with van der Waals surface area (Å²) in [6.45, 7) is 6.00. The van der Waals surface area contributed by atoms with Gasteiger partial charge in [0.2, 0.25) is 5.91 Å². The first kappa shape index (κ1) is 13.8. The minimum absolute atomic E-state index is 0.0680. The van der Waals surface area contributed by atoms with E-state index in [0.717, 1.165) is 17.1 Å². The number of fused-ring (bicyclic) bond motifs is 1. The van der Waals surface area contributed by atoms with Crippen LogP contribution in [0.5, 0.6) is 0 Å². The third-order valence-electron chi connectivity index (χ3n) is 4.01. The molecule has 0 spiro atoms. The van der Waals surface area contributed by atoms with Crippen molar-refractivity contribution in [3.05, 3.63) is 35.2 Å². The number of carbonyl (C=O) groups is 1. The number of aromatic nitrogens is 4. The minimum atomic E-state index is -0.0680. The Morgan fingerprint density at radius 2 is 2.19 bits per heavy atom. The molecule has 2 aromatic heterocycles. The van der Waals surface area contributed by atoms with Gasteiger partial charge >= 0.3 is 0 Å². The zero-order chi connectivity index (χ0) is 15.0.